The van der Waals surface area contributed by atoms with Crippen LogP contribution in [-0.4, -0.2) is 65.9 Å². The summed E-state index contributed by atoms with van der Waals surface area (Å²) in [6.45, 7) is 12.1. The number of piperazine rings is 1. The molecule has 1 fully saturated rings. The van der Waals surface area contributed by atoms with Crippen LogP contribution in [0, 0.1) is 0 Å². The minimum absolute atomic E-state index is 0.193. The van der Waals surface area contributed by atoms with E-state index in [1.807, 2.05) is 26.8 Å². The SMILES string of the molecule is CC(C)(C)OC[C@@H](O)CN1CCN(Cc2ccc(Cl)s2)CC1. The summed E-state index contributed by atoms with van der Waals surface area (Å²) in [5, 5.41) is 10.1. The predicted octanol–water partition coefficient (Wildman–Crippen LogP) is 2.70. The Labute approximate surface area is 142 Å². The molecule has 22 heavy (non-hydrogen) atoms. The van der Waals surface area contributed by atoms with Crippen LogP contribution in [0.25, 0.3) is 0 Å². The summed E-state index contributed by atoms with van der Waals surface area (Å²) in [6, 6.07) is 4.07. The van der Waals surface area contributed by atoms with E-state index in [4.69, 9.17) is 16.3 Å². The normalized spacial score (nSPS) is 19.5. The Morgan fingerprint density at radius 3 is 2.41 bits per heavy atom. The third-order valence-corrected chi connectivity index (χ3v) is 4.87. The summed E-state index contributed by atoms with van der Waals surface area (Å²) in [6.07, 6.45) is -0.415. The molecule has 1 saturated heterocycles. The minimum atomic E-state index is -0.415. The van der Waals surface area contributed by atoms with Crippen molar-refractivity contribution in [3.8, 4) is 0 Å². The molecule has 0 saturated carbocycles. The van der Waals surface area contributed by atoms with Gasteiger partial charge in [-0.3, -0.25) is 9.80 Å². The Morgan fingerprint density at radius 1 is 1.23 bits per heavy atom. The Bertz CT molecular complexity index is 453. The second-order valence-corrected chi connectivity index (χ2v) is 8.66. The van der Waals surface area contributed by atoms with Crippen LogP contribution < -0.4 is 0 Å². The molecule has 1 aliphatic heterocycles. The van der Waals surface area contributed by atoms with Crippen LogP contribution >= 0.6 is 22.9 Å². The molecule has 0 radical (unpaired) electrons. The lowest BCUT2D eigenvalue weighted by atomic mass is 10.2. The Morgan fingerprint density at radius 2 is 1.86 bits per heavy atom. The Hall–Kier alpha value is -0.170. The van der Waals surface area contributed by atoms with Gasteiger partial charge < -0.3 is 9.84 Å². The standard InChI is InChI=1S/C16H27ClN2O2S/c1-16(2,3)21-12-13(20)10-18-6-8-19(9-7-18)11-14-4-5-15(17)22-14/h4-5,13,20H,6-12H2,1-3H3/t13-/m0/s1. The van der Waals surface area contributed by atoms with Crippen molar-refractivity contribution in [2.45, 2.75) is 39.0 Å². The largest absolute Gasteiger partial charge is 0.389 e. The smallest absolute Gasteiger partial charge is 0.0931 e. The van der Waals surface area contributed by atoms with E-state index in [0.29, 0.717) is 13.2 Å². The van der Waals surface area contributed by atoms with Crippen molar-refractivity contribution in [2.24, 2.45) is 0 Å². The fraction of sp³-hybridized carbons (Fsp3) is 0.750. The van der Waals surface area contributed by atoms with Gasteiger partial charge in [0.05, 0.1) is 22.6 Å². The fourth-order valence-electron chi connectivity index (χ4n) is 2.48. The first kappa shape index (κ1) is 18.2. The second kappa shape index (κ2) is 8.08. The molecule has 2 heterocycles. The summed E-state index contributed by atoms with van der Waals surface area (Å²) in [4.78, 5) is 6.07. The van der Waals surface area contributed by atoms with Gasteiger partial charge in [0.15, 0.2) is 0 Å². The molecule has 1 atom stereocenters. The lowest BCUT2D eigenvalue weighted by Crippen LogP contribution is -2.48. The van der Waals surface area contributed by atoms with Crippen molar-refractivity contribution < 1.29 is 9.84 Å². The van der Waals surface area contributed by atoms with Crippen molar-refractivity contribution in [1.29, 1.82) is 0 Å². The maximum Gasteiger partial charge on any atom is 0.0931 e. The van der Waals surface area contributed by atoms with Crippen molar-refractivity contribution in [3.05, 3.63) is 21.3 Å². The van der Waals surface area contributed by atoms with Crippen molar-refractivity contribution in [3.63, 3.8) is 0 Å². The van der Waals surface area contributed by atoms with Gasteiger partial charge in [-0.1, -0.05) is 11.6 Å². The molecule has 0 aliphatic carbocycles. The van der Waals surface area contributed by atoms with Crippen LogP contribution in [0.15, 0.2) is 12.1 Å². The fourth-order valence-corrected chi connectivity index (χ4v) is 3.61. The van der Waals surface area contributed by atoms with E-state index >= 15 is 0 Å². The molecule has 4 nitrogen and oxygen atoms in total. The van der Waals surface area contributed by atoms with Gasteiger partial charge >= 0.3 is 0 Å². The summed E-state index contributed by atoms with van der Waals surface area (Å²) >= 11 is 7.63. The number of rotatable bonds is 6. The molecule has 0 unspecified atom stereocenters. The van der Waals surface area contributed by atoms with E-state index in [1.54, 1.807) is 11.3 Å². The maximum atomic E-state index is 10.1. The quantitative estimate of drug-likeness (QED) is 0.859. The first-order chi connectivity index (χ1) is 10.3. The summed E-state index contributed by atoms with van der Waals surface area (Å²) in [7, 11) is 0. The molecule has 126 valence electrons. The number of halogens is 1. The van der Waals surface area contributed by atoms with Crippen LogP contribution in [0.1, 0.15) is 25.6 Å². The molecule has 0 amide bonds. The van der Waals surface area contributed by atoms with Gasteiger partial charge in [0, 0.05) is 44.1 Å². The van der Waals surface area contributed by atoms with E-state index in [9.17, 15) is 5.11 Å². The Kier molecular flexibility index (Phi) is 6.68. The molecule has 6 heteroatoms. The highest BCUT2D eigenvalue weighted by Gasteiger charge is 2.21. The first-order valence-electron chi connectivity index (χ1n) is 7.83. The van der Waals surface area contributed by atoms with E-state index < -0.39 is 6.10 Å². The average Bonchev–Trinajstić information content (AvgIpc) is 2.83. The summed E-state index contributed by atoms with van der Waals surface area (Å²) in [5.74, 6) is 0. The van der Waals surface area contributed by atoms with Gasteiger partial charge in [-0.2, -0.15) is 0 Å². The number of thiophene rings is 1. The van der Waals surface area contributed by atoms with Gasteiger partial charge in [0.1, 0.15) is 0 Å². The van der Waals surface area contributed by atoms with Crippen LogP contribution in [0.3, 0.4) is 0 Å². The number of β-amino-alcohol motifs (C(OH)–C–C–N with tert-alkyl or cyclic N) is 1. The zero-order valence-electron chi connectivity index (χ0n) is 13.7. The lowest BCUT2D eigenvalue weighted by molar-refractivity contribution is -0.0587. The lowest BCUT2D eigenvalue weighted by Gasteiger charge is -2.35. The average molecular weight is 347 g/mol. The highest BCUT2D eigenvalue weighted by molar-refractivity contribution is 7.16. The van der Waals surface area contributed by atoms with Gasteiger partial charge in [0.2, 0.25) is 0 Å². The van der Waals surface area contributed by atoms with Crippen LogP contribution in [0.2, 0.25) is 4.34 Å². The molecule has 2 rings (SSSR count). The highest BCUT2D eigenvalue weighted by atomic mass is 35.5. The molecule has 1 aromatic rings. The van der Waals surface area contributed by atoms with Gasteiger partial charge in [-0.15, -0.1) is 11.3 Å². The van der Waals surface area contributed by atoms with E-state index in [1.165, 1.54) is 4.88 Å². The number of hydrogen-bond donors (Lipinski definition) is 1. The molecular weight excluding hydrogens is 320 g/mol. The number of aliphatic hydroxyl groups is 1. The number of nitrogens with zero attached hydrogens (tertiary/aromatic N) is 2. The van der Waals surface area contributed by atoms with E-state index in [0.717, 1.165) is 37.1 Å². The molecular formula is C16H27ClN2O2S. The van der Waals surface area contributed by atoms with E-state index in [-0.39, 0.29) is 5.60 Å². The molecule has 0 bridgehead atoms. The van der Waals surface area contributed by atoms with Crippen molar-refractivity contribution in [1.82, 2.24) is 9.80 Å². The van der Waals surface area contributed by atoms with Crippen molar-refractivity contribution in [2.75, 3.05) is 39.3 Å². The highest BCUT2D eigenvalue weighted by Crippen LogP contribution is 2.23. The third kappa shape index (κ3) is 6.52. The van der Waals surface area contributed by atoms with Crippen LogP contribution in [0.4, 0.5) is 0 Å². The van der Waals surface area contributed by atoms with Gasteiger partial charge in [-0.05, 0) is 32.9 Å². The minimum Gasteiger partial charge on any atom is -0.389 e. The van der Waals surface area contributed by atoms with Gasteiger partial charge in [0.25, 0.3) is 0 Å². The second-order valence-electron chi connectivity index (χ2n) is 6.86. The molecule has 1 aliphatic rings. The monoisotopic (exact) mass is 346 g/mol. The zero-order valence-corrected chi connectivity index (χ0v) is 15.3. The molecule has 0 spiro atoms. The Balaban J connectivity index is 1.66. The van der Waals surface area contributed by atoms with Gasteiger partial charge in [-0.25, -0.2) is 0 Å². The summed E-state index contributed by atoms with van der Waals surface area (Å²) < 4.78 is 6.49. The number of ether oxygens (including phenoxy) is 1. The number of hydrogen-bond acceptors (Lipinski definition) is 5. The van der Waals surface area contributed by atoms with Crippen LogP contribution in [-0.2, 0) is 11.3 Å². The third-order valence-electron chi connectivity index (χ3n) is 3.65. The summed E-state index contributed by atoms with van der Waals surface area (Å²) in [5.41, 5.74) is -0.193. The van der Waals surface area contributed by atoms with Crippen LogP contribution in [0.5, 0.6) is 0 Å². The topological polar surface area (TPSA) is 35.9 Å². The number of aliphatic hydroxyl groups excluding tert-OH is 1. The zero-order chi connectivity index (χ0) is 16.2. The first-order valence-corrected chi connectivity index (χ1v) is 9.02. The molecule has 0 aromatic carbocycles. The molecule has 1 aromatic heterocycles. The predicted molar refractivity (Wildman–Crippen MR) is 92.8 cm³/mol. The molecule has 1 N–H and O–H groups in total. The van der Waals surface area contributed by atoms with E-state index in [2.05, 4.69) is 15.9 Å². The maximum absolute atomic E-state index is 10.1. The van der Waals surface area contributed by atoms with Crippen molar-refractivity contribution >= 4 is 22.9 Å².